The van der Waals surface area contributed by atoms with Crippen molar-refractivity contribution in [2.75, 3.05) is 19.5 Å². The Morgan fingerprint density at radius 2 is 1.84 bits per heavy atom. The summed E-state index contributed by atoms with van der Waals surface area (Å²) in [7, 11) is 3.08. The largest absolute Gasteiger partial charge is 0.493 e. The SMILES string of the molecule is COc1ccc(-c2n[nH]c(=O)c3c2C(c2ccc(F)cc2)n2nnnc2N3)cc1OC. The van der Waals surface area contributed by atoms with Gasteiger partial charge in [0, 0.05) is 11.1 Å². The first-order valence-electron chi connectivity index (χ1n) is 9.26. The number of benzene rings is 2. The van der Waals surface area contributed by atoms with Gasteiger partial charge in [0.15, 0.2) is 11.5 Å². The van der Waals surface area contributed by atoms with E-state index in [1.165, 1.54) is 23.9 Å². The van der Waals surface area contributed by atoms with Crippen molar-refractivity contribution in [2.24, 2.45) is 0 Å². The molecule has 156 valence electrons. The van der Waals surface area contributed by atoms with Crippen molar-refractivity contribution in [2.45, 2.75) is 6.04 Å². The van der Waals surface area contributed by atoms with E-state index in [0.717, 1.165) is 0 Å². The number of tetrazole rings is 1. The fourth-order valence-electron chi connectivity index (χ4n) is 3.69. The first-order valence-corrected chi connectivity index (χ1v) is 9.26. The summed E-state index contributed by atoms with van der Waals surface area (Å²) in [6.45, 7) is 0. The molecular formula is C20H16FN7O3. The molecule has 5 rings (SSSR count). The van der Waals surface area contributed by atoms with Gasteiger partial charge in [0.05, 0.1) is 19.9 Å². The highest BCUT2D eigenvalue weighted by Gasteiger charge is 2.34. The second-order valence-corrected chi connectivity index (χ2v) is 6.79. The van der Waals surface area contributed by atoms with E-state index in [1.54, 1.807) is 37.4 Å². The lowest BCUT2D eigenvalue weighted by Gasteiger charge is -2.27. The molecule has 0 bridgehead atoms. The molecule has 0 radical (unpaired) electrons. The third-order valence-corrected chi connectivity index (χ3v) is 5.11. The van der Waals surface area contributed by atoms with Crippen LogP contribution in [0.2, 0.25) is 0 Å². The Labute approximate surface area is 174 Å². The third-order valence-electron chi connectivity index (χ3n) is 5.11. The summed E-state index contributed by atoms with van der Waals surface area (Å²) in [6.07, 6.45) is 0. The normalized spacial score (nSPS) is 14.4. The number of hydrogen-bond acceptors (Lipinski definition) is 8. The van der Waals surface area contributed by atoms with Crippen LogP contribution >= 0.6 is 0 Å². The second kappa shape index (κ2) is 7.20. The second-order valence-electron chi connectivity index (χ2n) is 6.79. The van der Waals surface area contributed by atoms with E-state index >= 15 is 0 Å². The summed E-state index contributed by atoms with van der Waals surface area (Å²) in [5.41, 5.74) is 2.22. The minimum absolute atomic E-state index is 0.261. The number of rotatable bonds is 4. The van der Waals surface area contributed by atoms with Crippen LogP contribution in [0.4, 0.5) is 16.0 Å². The molecule has 0 saturated heterocycles. The minimum atomic E-state index is -0.611. The molecule has 4 aromatic rings. The van der Waals surface area contributed by atoms with Crippen molar-refractivity contribution >= 4 is 11.6 Å². The number of methoxy groups -OCH3 is 2. The van der Waals surface area contributed by atoms with E-state index in [4.69, 9.17) is 9.47 Å². The standard InChI is InChI=1S/C20H16FN7O3/c1-30-13-8-5-11(9-14(13)31-2)16-15-17(19(29)24-23-16)22-20-25-26-27-28(20)18(15)10-3-6-12(21)7-4-10/h3-9,18H,1-2H3,(H,24,29)(H,22,25,27). The van der Waals surface area contributed by atoms with Crippen molar-refractivity contribution in [1.29, 1.82) is 0 Å². The lowest BCUT2D eigenvalue weighted by atomic mass is 9.92. The average molecular weight is 421 g/mol. The third kappa shape index (κ3) is 2.98. The summed E-state index contributed by atoms with van der Waals surface area (Å²) < 4.78 is 25.9. The Hall–Kier alpha value is -4.28. The summed E-state index contributed by atoms with van der Waals surface area (Å²) >= 11 is 0. The molecule has 3 heterocycles. The van der Waals surface area contributed by atoms with Crippen LogP contribution in [0.15, 0.2) is 47.3 Å². The van der Waals surface area contributed by atoms with Crippen molar-refractivity contribution < 1.29 is 13.9 Å². The molecule has 0 spiro atoms. The smallest absolute Gasteiger partial charge is 0.288 e. The molecule has 11 heteroatoms. The van der Waals surface area contributed by atoms with Gasteiger partial charge < -0.3 is 14.8 Å². The first-order chi connectivity index (χ1) is 15.1. The van der Waals surface area contributed by atoms with Gasteiger partial charge in [-0.1, -0.05) is 17.2 Å². The van der Waals surface area contributed by atoms with E-state index in [2.05, 4.69) is 31.0 Å². The van der Waals surface area contributed by atoms with Gasteiger partial charge in [0.2, 0.25) is 5.95 Å². The zero-order chi connectivity index (χ0) is 21.5. The Morgan fingerprint density at radius 3 is 2.58 bits per heavy atom. The van der Waals surface area contributed by atoms with Gasteiger partial charge in [0.25, 0.3) is 5.56 Å². The van der Waals surface area contributed by atoms with Crippen molar-refractivity contribution in [3.05, 3.63) is 69.8 Å². The molecule has 2 aromatic carbocycles. The Balaban J connectivity index is 1.78. The number of nitrogens with zero attached hydrogens (tertiary/aromatic N) is 5. The number of fused-ring (bicyclic) bond motifs is 2. The van der Waals surface area contributed by atoms with E-state index in [1.807, 2.05) is 0 Å². The predicted octanol–water partition coefficient (Wildman–Crippen LogP) is 2.27. The molecule has 1 unspecified atom stereocenters. The van der Waals surface area contributed by atoms with Gasteiger partial charge in [0.1, 0.15) is 17.5 Å². The maximum atomic E-state index is 13.6. The number of aromatic nitrogens is 6. The molecule has 0 saturated carbocycles. The van der Waals surface area contributed by atoms with E-state index < -0.39 is 11.6 Å². The van der Waals surface area contributed by atoms with Gasteiger partial charge in [-0.2, -0.15) is 9.78 Å². The van der Waals surface area contributed by atoms with Crippen LogP contribution in [0, 0.1) is 5.82 Å². The minimum Gasteiger partial charge on any atom is -0.493 e. The van der Waals surface area contributed by atoms with Crippen LogP contribution in [0.25, 0.3) is 11.3 Å². The fourth-order valence-corrected chi connectivity index (χ4v) is 3.69. The molecule has 31 heavy (non-hydrogen) atoms. The van der Waals surface area contributed by atoms with E-state index in [-0.39, 0.29) is 17.5 Å². The van der Waals surface area contributed by atoms with Gasteiger partial charge in [-0.25, -0.2) is 9.49 Å². The number of H-pyrrole nitrogens is 1. The van der Waals surface area contributed by atoms with Crippen LogP contribution in [0.5, 0.6) is 11.5 Å². The van der Waals surface area contributed by atoms with Gasteiger partial charge in [-0.3, -0.25) is 4.79 Å². The summed E-state index contributed by atoms with van der Waals surface area (Å²) in [5, 5.41) is 21.6. The number of aromatic amines is 1. The quantitative estimate of drug-likeness (QED) is 0.454. The van der Waals surface area contributed by atoms with Crippen LogP contribution in [-0.2, 0) is 0 Å². The van der Waals surface area contributed by atoms with Crippen molar-refractivity contribution in [3.63, 3.8) is 0 Å². The highest BCUT2D eigenvalue weighted by Crippen LogP contribution is 2.42. The zero-order valence-corrected chi connectivity index (χ0v) is 16.5. The lowest BCUT2D eigenvalue weighted by molar-refractivity contribution is 0.355. The number of halogens is 1. The molecule has 1 aliphatic rings. The first kappa shape index (κ1) is 18.7. The van der Waals surface area contributed by atoms with Crippen LogP contribution in [-0.4, -0.2) is 44.6 Å². The molecular weight excluding hydrogens is 405 g/mol. The highest BCUT2D eigenvalue weighted by molar-refractivity contribution is 5.76. The summed E-state index contributed by atoms with van der Waals surface area (Å²) in [6, 6.07) is 10.6. The Kier molecular flexibility index (Phi) is 4.35. The molecule has 0 amide bonds. The van der Waals surface area contributed by atoms with E-state index in [0.29, 0.717) is 33.9 Å². The van der Waals surface area contributed by atoms with Crippen molar-refractivity contribution in [3.8, 4) is 22.8 Å². The van der Waals surface area contributed by atoms with Crippen LogP contribution in [0.1, 0.15) is 17.2 Å². The van der Waals surface area contributed by atoms with Crippen LogP contribution in [0.3, 0.4) is 0 Å². The van der Waals surface area contributed by atoms with Crippen molar-refractivity contribution in [1.82, 2.24) is 30.4 Å². The molecule has 2 aromatic heterocycles. The Morgan fingerprint density at radius 1 is 1.06 bits per heavy atom. The maximum absolute atomic E-state index is 13.6. The summed E-state index contributed by atoms with van der Waals surface area (Å²) in [5.74, 6) is 0.975. The maximum Gasteiger partial charge on any atom is 0.288 e. The number of ether oxygens (including phenoxy) is 2. The van der Waals surface area contributed by atoms with Gasteiger partial charge in [-0.15, -0.1) is 0 Å². The fraction of sp³-hybridized carbons (Fsp3) is 0.150. The van der Waals surface area contributed by atoms with Gasteiger partial charge in [-0.05, 0) is 46.3 Å². The lowest BCUT2D eigenvalue weighted by Crippen LogP contribution is -2.29. The monoisotopic (exact) mass is 421 g/mol. The molecule has 1 atom stereocenters. The molecule has 2 N–H and O–H groups in total. The average Bonchev–Trinajstić information content (AvgIpc) is 3.27. The molecule has 10 nitrogen and oxygen atoms in total. The van der Waals surface area contributed by atoms with E-state index in [9.17, 15) is 9.18 Å². The molecule has 1 aliphatic heterocycles. The Bertz CT molecular complexity index is 1330. The summed E-state index contributed by atoms with van der Waals surface area (Å²) in [4.78, 5) is 12.7. The zero-order valence-electron chi connectivity index (χ0n) is 16.5. The molecule has 0 aliphatic carbocycles. The molecule has 0 fully saturated rings. The van der Waals surface area contributed by atoms with Crippen LogP contribution < -0.4 is 20.3 Å². The predicted molar refractivity (Wildman–Crippen MR) is 108 cm³/mol. The number of anilines is 2. The topological polar surface area (TPSA) is 120 Å². The number of nitrogens with one attached hydrogen (secondary N) is 2. The number of hydrogen-bond donors (Lipinski definition) is 2. The highest BCUT2D eigenvalue weighted by atomic mass is 19.1. The van der Waals surface area contributed by atoms with Gasteiger partial charge >= 0.3 is 0 Å².